The van der Waals surface area contributed by atoms with Crippen molar-refractivity contribution in [1.82, 2.24) is 9.80 Å². The molecule has 2 aliphatic rings. The maximum atomic E-state index is 11.6. The average Bonchev–Trinajstić information content (AvgIpc) is 3.00. The Morgan fingerprint density at radius 1 is 1.05 bits per heavy atom. The minimum atomic E-state index is -0.248. The highest BCUT2D eigenvalue weighted by atomic mass is 16.5. The van der Waals surface area contributed by atoms with Gasteiger partial charge in [-0.05, 0) is 30.3 Å². The van der Waals surface area contributed by atoms with Crippen LogP contribution in [0.25, 0.3) is 0 Å². The Labute approximate surface area is 133 Å². The maximum absolute atomic E-state index is 11.6. The number of rotatable bonds is 1. The number of carbonyl (C=O) groups excluding carboxylic acids is 1. The van der Waals surface area contributed by atoms with Gasteiger partial charge in [0.2, 0.25) is 0 Å². The van der Waals surface area contributed by atoms with E-state index in [4.69, 9.17) is 4.74 Å². The molecule has 0 saturated carbocycles. The molecule has 0 radical (unpaired) electrons. The predicted molar refractivity (Wildman–Crippen MR) is 89.2 cm³/mol. The molecule has 122 valence electrons. The smallest absolute Gasteiger partial charge is 0.410 e. The molecule has 0 spiro atoms. The summed E-state index contributed by atoms with van der Waals surface area (Å²) in [5, 5.41) is 0. The number of likely N-dealkylation sites (N-methyl/N-ethyl adjacent to an activating group) is 1. The van der Waals surface area contributed by atoms with E-state index in [-0.39, 0.29) is 6.09 Å². The van der Waals surface area contributed by atoms with Crippen molar-refractivity contribution in [2.75, 3.05) is 45.2 Å². The molecule has 2 aliphatic heterocycles. The first kappa shape index (κ1) is 16.6. The molecule has 0 atom stereocenters. The number of methoxy groups -OCH3 is 1. The molecule has 1 aromatic rings. The van der Waals surface area contributed by atoms with Crippen LogP contribution in [-0.4, -0.2) is 56.2 Å². The van der Waals surface area contributed by atoms with Gasteiger partial charge >= 0.3 is 6.09 Å². The standard InChI is InChI=1S/C15H21N3O2.C2H6/c1-16-5-7-17(8-6-16)14-4-3-12-10-18(15(19)20-2)11-13(12)9-14;1-2/h3-4,9H,5-8,10-11H2,1-2H3;1-2H3. The van der Waals surface area contributed by atoms with E-state index in [0.29, 0.717) is 13.1 Å². The lowest BCUT2D eigenvalue weighted by Gasteiger charge is -2.34. The Kier molecular flexibility index (Phi) is 5.66. The highest BCUT2D eigenvalue weighted by Gasteiger charge is 2.25. The molecule has 5 nitrogen and oxygen atoms in total. The Bertz CT molecular complexity index is 511. The number of hydrogen-bond donors (Lipinski definition) is 0. The number of carbonyl (C=O) groups is 1. The molecule has 0 aliphatic carbocycles. The summed E-state index contributed by atoms with van der Waals surface area (Å²) in [6, 6.07) is 6.54. The number of piperazine rings is 1. The van der Waals surface area contributed by atoms with Gasteiger partial charge in [-0.1, -0.05) is 19.9 Å². The maximum Gasteiger partial charge on any atom is 0.410 e. The number of fused-ring (bicyclic) bond motifs is 1. The quantitative estimate of drug-likeness (QED) is 0.799. The molecule has 1 aromatic carbocycles. The first-order valence-corrected chi connectivity index (χ1v) is 8.05. The second-order valence-electron chi connectivity index (χ2n) is 5.57. The second-order valence-corrected chi connectivity index (χ2v) is 5.57. The topological polar surface area (TPSA) is 36.0 Å². The Balaban J connectivity index is 0.000000847. The fourth-order valence-corrected chi connectivity index (χ4v) is 2.90. The molecule has 0 unspecified atom stereocenters. The van der Waals surface area contributed by atoms with E-state index < -0.39 is 0 Å². The summed E-state index contributed by atoms with van der Waals surface area (Å²) in [6.07, 6.45) is -0.248. The highest BCUT2D eigenvalue weighted by molar-refractivity contribution is 5.69. The summed E-state index contributed by atoms with van der Waals surface area (Å²) >= 11 is 0. The number of hydrogen-bond acceptors (Lipinski definition) is 4. The van der Waals surface area contributed by atoms with Crippen molar-refractivity contribution in [1.29, 1.82) is 0 Å². The zero-order valence-corrected chi connectivity index (χ0v) is 14.1. The third-order valence-electron chi connectivity index (χ3n) is 4.21. The van der Waals surface area contributed by atoms with Gasteiger partial charge in [0.15, 0.2) is 0 Å². The van der Waals surface area contributed by atoms with E-state index in [0.717, 1.165) is 26.2 Å². The zero-order valence-electron chi connectivity index (χ0n) is 14.1. The van der Waals surface area contributed by atoms with Gasteiger partial charge in [0, 0.05) is 45.0 Å². The van der Waals surface area contributed by atoms with E-state index in [9.17, 15) is 4.79 Å². The predicted octanol–water partition coefficient (Wildman–Crippen LogP) is 2.55. The number of benzene rings is 1. The van der Waals surface area contributed by atoms with Crippen molar-refractivity contribution in [3.05, 3.63) is 29.3 Å². The Morgan fingerprint density at radius 3 is 2.32 bits per heavy atom. The van der Waals surface area contributed by atoms with Gasteiger partial charge in [0.1, 0.15) is 0 Å². The van der Waals surface area contributed by atoms with Crippen LogP contribution >= 0.6 is 0 Å². The first-order valence-electron chi connectivity index (χ1n) is 8.05. The zero-order chi connectivity index (χ0) is 16.1. The van der Waals surface area contributed by atoms with E-state index in [1.165, 1.54) is 23.9 Å². The van der Waals surface area contributed by atoms with Crippen LogP contribution in [-0.2, 0) is 17.8 Å². The van der Waals surface area contributed by atoms with Gasteiger partial charge in [-0.15, -0.1) is 0 Å². The van der Waals surface area contributed by atoms with Gasteiger partial charge in [0.05, 0.1) is 7.11 Å². The van der Waals surface area contributed by atoms with E-state index in [1.807, 2.05) is 13.8 Å². The fraction of sp³-hybridized carbons (Fsp3) is 0.588. The van der Waals surface area contributed by atoms with Gasteiger partial charge in [0.25, 0.3) is 0 Å². The Morgan fingerprint density at radius 2 is 1.68 bits per heavy atom. The van der Waals surface area contributed by atoms with Crippen molar-refractivity contribution in [2.45, 2.75) is 26.9 Å². The minimum absolute atomic E-state index is 0.248. The van der Waals surface area contributed by atoms with E-state index in [2.05, 4.69) is 35.0 Å². The molecule has 5 heteroatoms. The summed E-state index contributed by atoms with van der Waals surface area (Å²) < 4.78 is 4.79. The third-order valence-corrected chi connectivity index (χ3v) is 4.21. The number of nitrogens with zero attached hydrogens (tertiary/aromatic N) is 3. The van der Waals surface area contributed by atoms with Gasteiger partial charge in [-0.3, -0.25) is 4.90 Å². The van der Waals surface area contributed by atoms with Crippen LogP contribution in [0.1, 0.15) is 25.0 Å². The summed E-state index contributed by atoms with van der Waals surface area (Å²) in [5.74, 6) is 0. The molecule has 22 heavy (non-hydrogen) atoms. The molecule has 3 rings (SSSR count). The largest absolute Gasteiger partial charge is 0.453 e. The number of amides is 1. The van der Waals surface area contributed by atoms with Crippen LogP contribution in [0.5, 0.6) is 0 Å². The van der Waals surface area contributed by atoms with Crippen LogP contribution in [0.3, 0.4) is 0 Å². The molecule has 1 saturated heterocycles. The van der Waals surface area contributed by atoms with Crippen LogP contribution in [0.2, 0.25) is 0 Å². The van der Waals surface area contributed by atoms with Crippen LogP contribution in [0, 0.1) is 0 Å². The lowest BCUT2D eigenvalue weighted by Crippen LogP contribution is -2.44. The van der Waals surface area contributed by atoms with Gasteiger partial charge in [-0.25, -0.2) is 4.79 Å². The molecule has 0 bridgehead atoms. The van der Waals surface area contributed by atoms with Crippen molar-refractivity contribution < 1.29 is 9.53 Å². The van der Waals surface area contributed by atoms with Crippen molar-refractivity contribution in [3.63, 3.8) is 0 Å². The van der Waals surface area contributed by atoms with Crippen LogP contribution < -0.4 is 4.90 Å². The molecular formula is C17H27N3O2. The average molecular weight is 305 g/mol. The number of anilines is 1. The van der Waals surface area contributed by atoms with Crippen molar-refractivity contribution in [2.24, 2.45) is 0 Å². The highest BCUT2D eigenvalue weighted by Crippen LogP contribution is 2.28. The molecule has 0 aromatic heterocycles. The lowest BCUT2D eigenvalue weighted by atomic mass is 10.1. The van der Waals surface area contributed by atoms with Crippen LogP contribution in [0.4, 0.5) is 10.5 Å². The van der Waals surface area contributed by atoms with Crippen molar-refractivity contribution >= 4 is 11.8 Å². The molecule has 1 fully saturated rings. The first-order chi connectivity index (χ1) is 10.7. The molecule has 0 N–H and O–H groups in total. The summed E-state index contributed by atoms with van der Waals surface area (Å²) in [4.78, 5) is 18.1. The third kappa shape index (κ3) is 3.53. The normalized spacial score (nSPS) is 17.6. The molecule has 2 heterocycles. The lowest BCUT2D eigenvalue weighted by molar-refractivity contribution is 0.123. The van der Waals surface area contributed by atoms with Crippen molar-refractivity contribution in [3.8, 4) is 0 Å². The summed E-state index contributed by atoms with van der Waals surface area (Å²) in [6.45, 7) is 9.65. The monoisotopic (exact) mass is 305 g/mol. The van der Waals surface area contributed by atoms with E-state index >= 15 is 0 Å². The summed E-state index contributed by atoms with van der Waals surface area (Å²) in [7, 11) is 3.59. The van der Waals surface area contributed by atoms with Crippen LogP contribution in [0.15, 0.2) is 18.2 Å². The second kappa shape index (κ2) is 7.49. The molecular weight excluding hydrogens is 278 g/mol. The fourth-order valence-electron chi connectivity index (χ4n) is 2.90. The SMILES string of the molecule is CC.COC(=O)N1Cc2ccc(N3CCN(C)CC3)cc2C1. The Hall–Kier alpha value is -1.75. The van der Waals surface area contributed by atoms with Gasteiger partial charge in [-0.2, -0.15) is 0 Å². The molecule has 1 amide bonds. The minimum Gasteiger partial charge on any atom is -0.453 e. The van der Waals surface area contributed by atoms with Gasteiger partial charge < -0.3 is 14.5 Å². The summed E-state index contributed by atoms with van der Waals surface area (Å²) in [5.41, 5.74) is 3.74. The number of ether oxygens (including phenoxy) is 1. The van der Waals surface area contributed by atoms with E-state index in [1.54, 1.807) is 4.90 Å².